The van der Waals surface area contributed by atoms with Crippen molar-refractivity contribution in [3.8, 4) is 17.2 Å². The minimum atomic E-state index is -3.53. The average Bonchev–Trinajstić information content (AvgIpc) is 3.47. The van der Waals surface area contributed by atoms with Crippen LogP contribution in [0.15, 0.2) is 46.9 Å². The summed E-state index contributed by atoms with van der Waals surface area (Å²) in [7, 11) is -5.40. The van der Waals surface area contributed by atoms with Crippen molar-refractivity contribution < 1.29 is 55.3 Å². The third-order valence-corrected chi connectivity index (χ3v) is 10.2. The van der Waals surface area contributed by atoms with Crippen LogP contribution in [-0.4, -0.2) is 82.6 Å². The topological polar surface area (TPSA) is 179 Å². The van der Waals surface area contributed by atoms with E-state index in [0.29, 0.717) is 31.7 Å². The molecule has 1 amide bonds. The van der Waals surface area contributed by atoms with Crippen molar-refractivity contribution in [1.82, 2.24) is 9.97 Å². The number of methoxy groups -OCH3 is 1. The molecule has 0 bridgehead atoms. The van der Waals surface area contributed by atoms with E-state index in [1.54, 1.807) is 32.4 Å². The van der Waals surface area contributed by atoms with Gasteiger partial charge >= 0.3 is 13.8 Å². The zero-order valence-electron chi connectivity index (χ0n) is 27.2. The van der Waals surface area contributed by atoms with E-state index in [0.717, 1.165) is 22.5 Å². The molecule has 1 saturated heterocycles. The van der Waals surface area contributed by atoms with E-state index in [4.69, 9.17) is 32.7 Å². The van der Waals surface area contributed by atoms with Gasteiger partial charge in [-0.05, 0) is 51.0 Å². The highest BCUT2D eigenvalue weighted by molar-refractivity contribution is 7.90. The summed E-state index contributed by atoms with van der Waals surface area (Å²) in [5.41, 5.74) is 0.430. The zero-order valence-corrected chi connectivity index (χ0v) is 29.7. The molecule has 48 heavy (non-hydrogen) atoms. The maximum Gasteiger partial charge on any atom is 0.510 e. The molecule has 262 valence electrons. The van der Waals surface area contributed by atoms with Crippen LogP contribution in [0.25, 0.3) is 0 Å². The van der Waals surface area contributed by atoms with E-state index in [1.807, 2.05) is 6.92 Å². The molecule has 0 radical (unpaired) electrons. The van der Waals surface area contributed by atoms with Crippen molar-refractivity contribution in [3.63, 3.8) is 0 Å². The molecule has 0 aliphatic carbocycles. The third kappa shape index (κ3) is 10.7. The summed E-state index contributed by atoms with van der Waals surface area (Å²) >= 11 is 1.06. The number of hydrogen-bond donors (Lipinski definition) is 0. The van der Waals surface area contributed by atoms with Crippen LogP contribution >= 0.6 is 18.9 Å². The Morgan fingerprint density at radius 1 is 1.10 bits per heavy atom. The van der Waals surface area contributed by atoms with Gasteiger partial charge in [0.1, 0.15) is 23.4 Å². The Morgan fingerprint density at radius 2 is 1.83 bits per heavy atom. The Hall–Kier alpha value is -3.60. The van der Waals surface area contributed by atoms with Crippen LogP contribution in [0, 0.1) is 0 Å². The molecule has 3 aromatic rings. The van der Waals surface area contributed by atoms with Crippen molar-refractivity contribution in [2.24, 2.45) is 0 Å². The largest absolute Gasteiger partial charge is 0.510 e. The molecule has 1 aliphatic heterocycles. The highest BCUT2D eigenvalue weighted by Crippen LogP contribution is 2.53. The number of pyridine rings is 1. The van der Waals surface area contributed by atoms with E-state index in [-0.39, 0.29) is 51.8 Å². The summed E-state index contributed by atoms with van der Waals surface area (Å²) in [4.78, 5) is 36.0. The fraction of sp³-hybridized carbons (Fsp3) is 0.467. The van der Waals surface area contributed by atoms with E-state index >= 15 is 0 Å². The van der Waals surface area contributed by atoms with E-state index in [1.165, 1.54) is 30.5 Å². The predicted molar refractivity (Wildman–Crippen MR) is 175 cm³/mol. The van der Waals surface area contributed by atoms with Gasteiger partial charge in [0, 0.05) is 30.4 Å². The minimum absolute atomic E-state index is 0.0693. The number of thiazole rings is 1. The van der Waals surface area contributed by atoms with E-state index in [2.05, 4.69) is 9.97 Å². The van der Waals surface area contributed by atoms with Gasteiger partial charge in [-0.1, -0.05) is 6.92 Å². The second-order valence-corrected chi connectivity index (χ2v) is 15.7. The molecule has 1 aromatic carbocycles. The second-order valence-electron chi connectivity index (χ2n) is 10.8. The predicted octanol–water partition coefficient (Wildman–Crippen LogP) is 5.83. The first kappa shape index (κ1) is 37.2. The number of carbonyl (C=O) groups excluding carboxylic acids is 2. The van der Waals surface area contributed by atoms with Crippen LogP contribution in [0.2, 0.25) is 0 Å². The molecular weight excluding hydrogens is 689 g/mol. The Bertz CT molecular complexity index is 1710. The van der Waals surface area contributed by atoms with Gasteiger partial charge in [-0.2, -0.15) is 0 Å². The lowest BCUT2D eigenvalue weighted by molar-refractivity contribution is 0.0344. The summed E-state index contributed by atoms with van der Waals surface area (Å²) in [6.07, 6.45) is 1.58. The van der Waals surface area contributed by atoms with Gasteiger partial charge in [0.15, 0.2) is 26.7 Å². The van der Waals surface area contributed by atoms with Gasteiger partial charge in [0.05, 0.1) is 44.0 Å². The Morgan fingerprint density at radius 3 is 2.46 bits per heavy atom. The first-order chi connectivity index (χ1) is 22.8. The monoisotopic (exact) mass is 727 g/mol. The normalized spacial score (nSPS) is 15.0. The van der Waals surface area contributed by atoms with Crippen molar-refractivity contribution >= 4 is 46.0 Å². The van der Waals surface area contributed by atoms with E-state index in [9.17, 15) is 22.6 Å². The molecule has 1 aliphatic rings. The fourth-order valence-corrected chi connectivity index (χ4v) is 7.33. The lowest BCUT2D eigenvalue weighted by atomic mass is 10.1. The van der Waals surface area contributed by atoms with Gasteiger partial charge in [0.25, 0.3) is 5.91 Å². The summed E-state index contributed by atoms with van der Waals surface area (Å²) in [6.45, 7) is 5.53. The van der Waals surface area contributed by atoms with Crippen LogP contribution in [-0.2, 0) is 43.8 Å². The second kappa shape index (κ2) is 16.7. The van der Waals surface area contributed by atoms with E-state index < -0.39 is 42.3 Å². The molecule has 0 unspecified atom stereocenters. The molecule has 3 heterocycles. The van der Waals surface area contributed by atoms with Crippen LogP contribution < -0.4 is 14.4 Å². The molecule has 0 N–H and O–H groups in total. The van der Waals surface area contributed by atoms with Crippen LogP contribution in [0.3, 0.4) is 0 Å². The molecule has 0 saturated carbocycles. The number of ether oxygens (including phenoxy) is 5. The number of benzene rings is 1. The average molecular weight is 728 g/mol. The van der Waals surface area contributed by atoms with Crippen molar-refractivity contribution in [1.29, 1.82) is 0 Å². The lowest BCUT2D eigenvalue weighted by Crippen LogP contribution is -2.34. The van der Waals surface area contributed by atoms with Gasteiger partial charge in [-0.15, -0.1) is 11.3 Å². The Kier molecular flexibility index (Phi) is 12.9. The first-order valence-corrected chi connectivity index (χ1v) is 19.4. The Labute approximate surface area is 282 Å². The Balaban J connectivity index is 1.69. The number of aromatic nitrogens is 2. The molecule has 1 atom stereocenters. The highest BCUT2D eigenvalue weighted by atomic mass is 32.2. The van der Waals surface area contributed by atoms with Gasteiger partial charge in [-0.25, -0.2) is 28.1 Å². The van der Waals surface area contributed by atoms with Crippen molar-refractivity contribution in [2.75, 3.05) is 44.8 Å². The molecule has 0 spiro atoms. The van der Waals surface area contributed by atoms with Crippen LogP contribution in [0.4, 0.5) is 9.93 Å². The lowest BCUT2D eigenvalue weighted by Gasteiger charge is -2.22. The number of rotatable bonds is 15. The standard InChI is InChI=1S/C30H38N3O12PS2/c1-6-23(16-39-4)44-25-12-21(13-26(14-25)45-24-8-9-27(31-15-24)48(5,37)38)28(34)33(19-40-30(35)43-20(2)3)29-32-22(18-47-29)17-46(36)41-10-7-11-42-46/h8-9,12-15,18,20,23H,6-7,10-11,16-17,19H2,1-5H3/t23-/m0/s1. The molecule has 15 nitrogen and oxygen atoms in total. The number of nitrogens with zero attached hydrogens (tertiary/aromatic N) is 3. The molecular formula is C30H38N3O12PS2. The van der Waals surface area contributed by atoms with Gasteiger partial charge in [-0.3, -0.25) is 9.36 Å². The third-order valence-electron chi connectivity index (χ3n) is 6.44. The quantitative estimate of drug-likeness (QED) is 0.104. The molecule has 2 aromatic heterocycles. The number of anilines is 1. The number of amides is 1. The fourth-order valence-electron chi connectivity index (χ4n) is 4.20. The zero-order chi connectivity index (χ0) is 34.9. The summed E-state index contributed by atoms with van der Waals surface area (Å²) in [6, 6.07) is 7.22. The smallest absolute Gasteiger partial charge is 0.488 e. The minimum Gasteiger partial charge on any atom is -0.488 e. The number of hydrogen-bond acceptors (Lipinski definition) is 15. The van der Waals surface area contributed by atoms with Crippen molar-refractivity contribution in [3.05, 3.63) is 53.2 Å². The highest BCUT2D eigenvalue weighted by Gasteiger charge is 2.31. The summed E-state index contributed by atoms with van der Waals surface area (Å²) < 4.78 is 75.2. The van der Waals surface area contributed by atoms with Gasteiger partial charge in [0.2, 0.25) is 0 Å². The molecule has 18 heteroatoms. The maximum atomic E-state index is 14.2. The van der Waals surface area contributed by atoms with Gasteiger partial charge < -0.3 is 32.7 Å². The number of sulfone groups is 1. The SMILES string of the molecule is CC[C@@H](COC)Oc1cc(Oc2ccc(S(C)(=O)=O)nc2)cc(C(=O)N(COC(=O)OC(C)C)c2nc(CP3(=O)OCCCO3)cs2)c1. The molecule has 1 fully saturated rings. The van der Waals surface area contributed by atoms with Crippen LogP contribution in [0.1, 0.15) is 49.7 Å². The molecule has 4 rings (SSSR count). The summed E-state index contributed by atoms with van der Waals surface area (Å²) in [5, 5.41) is 1.62. The number of carbonyl (C=O) groups is 2. The van der Waals surface area contributed by atoms with Crippen molar-refractivity contribution in [2.45, 2.75) is 57.0 Å². The van der Waals surface area contributed by atoms with Crippen LogP contribution in [0.5, 0.6) is 17.2 Å². The summed E-state index contributed by atoms with van der Waals surface area (Å²) in [5.74, 6) is -0.0116. The first-order valence-electron chi connectivity index (χ1n) is 14.9. The maximum absolute atomic E-state index is 14.2.